The second-order valence-electron chi connectivity index (χ2n) is 3.03. The average Bonchev–Trinajstić information content (AvgIpc) is 2.30. The van der Waals surface area contributed by atoms with Crippen LogP contribution in [0.5, 0.6) is 0 Å². The number of benzene rings is 1. The first-order chi connectivity index (χ1) is 7.29. The number of nitrogens with zero attached hydrogens (tertiary/aromatic N) is 2. The van der Waals surface area contributed by atoms with Gasteiger partial charge in [-0.1, -0.05) is 6.07 Å². The molecule has 0 radical (unpaired) electrons. The molecular formula is C12H7FN2. The van der Waals surface area contributed by atoms with Crippen molar-refractivity contribution in [3.8, 4) is 17.3 Å². The average molecular weight is 198 g/mol. The molecule has 0 saturated carbocycles. The molecule has 2 rings (SSSR count). The summed E-state index contributed by atoms with van der Waals surface area (Å²) in [4.78, 5) is 4.11. The maximum absolute atomic E-state index is 12.7. The molecule has 2 nitrogen and oxygen atoms in total. The third kappa shape index (κ3) is 2.00. The number of aromatic nitrogens is 1. The van der Waals surface area contributed by atoms with Gasteiger partial charge in [0.05, 0.1) is 5.69 Å². The highest BCUT2D eigenvalue weighted by Crippen LogP contribution is 2.17. The highest BCUT2D eigenvalue weighted by molar-refractivity contribution is 5.59. The second-order valence-corrected chi connectivity index (χ2v) is 3.03. The van der Waals surface area contributed by atoms with Crippen LogP contribution in [-0.4, -0.2) is 4.98 Å². The summed E-state index contributed by atoms with van der Waals surface area (Å²) < 4.78 is 12.7. The molecule has 3 heteroatoms. The van der Waals surface area contributed by atoms with E-state index in [0.29, 0.717) is 11.4 Å². The van der Waals surface area contributed by atoms with E-state index < -0.39 is 0 Å². The van der Waals surface area contributed by atoms with Crippen LogP contribution >= 0.6 is 0 Å². The fourth-order valence-corrected chi connectivity index (χ4v) is 1.28. The molecule has 0 bridgehead atoms. The van der Waals surface area contributed by atoms with Gasteiger partial charge in [0.1, 0.15) is 17.6 Å². The quantitative estimate of drug-likeness (QED) is 0.706. The minimum absolute atomic E-state index is 0.282. The zero-order valence-electron chi connectivity index (χ0n) is 7.81. The molecular weight excluding hydrogens is 191 g/mol. The number of halogens is 1. The summed E-state index contributed by atoms with van der Waals surface area (Å²) in [6, 6.07) is 13.2. The summed E-state index contributed by atoms with van der Waals surface area (Å²) in [6.45, 7) is 0. The van der Waals surface area contributed by atoms with Crippen LogP contribution in [0.15, 0.2) is 42.5 Å². The molecule has 72 valence electrons. The van der Waals surface area contributed by atoms with Crippen molar-refractivity contribution in [2.24, 2.45) is 0 Å². The normalized spacial score (nSPS) is 9.60. The van der Waals surface area contributed by atoms with Crippen molar-refractivity contribution in [1.29, 1.82) is 5.26 Å². The number of nitriles is 1. The Labute approximate surface area is 86.6 Å². The van der Waals surface area contributed by atoms with Crippen molar-refractivity contribution in [2.45, 2.75) is 0 Å². The molecule has 15 heavy (non-hydrogen) atoms. The molecule has 0 aliphatic heterocycles. The minimum atomic E-state index is -0.282. The largest absolute Gasteiger partial charge is 0.237 e. The Morgan fingerprint density at radius 3 is 2.47 bits per heavy atom. The topological polar surface area (TPSA) is 36.7 Å². The van der Waals surface area contributed by atoms with E-state index in [0.717, 1.165) is 5.56 Å². The van der Waals surface area contributed by atoms with E-state index in [1.807, 2.05) is 6.07 Å². The van der Waals surface area contributed by atoms with Crippen LogP contribution in [0.3, 0.4) is 0 Å². The Balaban J connectivity index is 2.46. The van der Waals surface area contributed by atoms with Crippen LogP contribution < -0.4 is 0 Å². The summed E-state index contributed by atoms with van der Waals surface area (Å²) in [6.07, 6.45) is 0. The Morgan fingerprint density at radius 1 is 1.07 bits per heavy atom. The van der Waals surface area contributed by atoms with Gasteiger partial charge in [-0.05, 0) is 36.4 Å². The van der Waals surface area contributed by atoms with Gasteiger partial charge in [0.25, 0.3) is 0 Å². The molecule has 1 aromatic heterocycles. The van der Waals surface area contributed by atoms with Crippen LogP contribution in [0.1, 0.15) is 5.69 Å². The lowest BCUT2D eigenvalue weighted by Crippen LogP contribution is -1.86. The number of hydrogen-bond acceptors (Lipinski definition) is 2. The van der Waals surface area contributed by atoms with Crippen molar-refractivity contribution in [1.82, 2.24) is 4.98 Å². The summed E-state index contributed by atoms with van der Waals surface area (Å²) in [5.41, 5.74) is 1.83. The van der Waals surface area contributed by atoms with Gasteiger partial charge in [0.2, 0.25) is 0 Å². The first-order valence-corrected chi connectivity index (χ1v) is 4.43. The standard InChI is InChI=1S/C12H7FN2/c13-10-6-4-9(5-7-10)12-3-1-2-11(8-14)15-12/h1-7H. The summed E-state index contributed by atoms with van der Waals surface area (Å²) in [7, 11) is 0. The van der Waals surface area contributed by atoms with Crippen molar-refractivity contribution in [2.75, 3.05) is 0 Å². The van der Waals surface area contributed by atoms with E-state index in [4.69, 9.17) is 5.26 Å². The molecule has 0 fully saturated rings. The number of hydrogen-bond donors (Lipinski definition) is 0. The predicted molar refractivity (Wildman–Crippen MR) is 54.3 cm³/mol. The Morgan fingerprint density at radius 2 is 1.80 bits per heavy atom. The Hall–Kier alpha value is -2.21. The highest BCUT2D eigenvalue weighted by atomic mass is 19.1. The molecule has 1 heterocycles. The first-order valence-electron chi connectivity index (χ1n) is 4.43. The van der Waals surface area contributed by atoms with E-state index >= 15 is 0 Å². The second kappa shape index (κ2) is 3.89. The molecule has 0 saturated heterocycles. The van der Waals surface area contributed by atoms with Crippen molar-refractivity contribution >= 4 is 0 Å². The molecule has 1 aromatic carbocycles. The lowest BCUT2D eigenvalue weighted by molar-refractivity contribution is 0.628. The van der Waals surface area contributed by atoms with Crippen molar-refractivity contribution in [3.05, 3.63) is 54.0 Å². The lowest BCUT2D eigenvalue weighted by Gasteiger charge is -2.00. The summed E-state index contributed by atoms with van der Waals surface area (Å²) >= 11 is 0. The lowest BCUT2D eigenvalue weighted by atomic mass is 10.1. The molecule has 0 amide bonds. The maximum Gasteiger partial charge on any atom is 0.141 e. The molecule has 0 aliphatic rings. The van der Waals surface area contributed by atoms with E-state index in [1.54, 1.807) is 30.3 Å². The van der Waals surface area contributed by atoms with E-state index in [-0.39, 0.29) is 5.82 Å². The van der Waals surface area contributed by atoms with Crippen LogP contribution in [0.2, 0.25) is 0 Å². The fraction of sp³-hybridized carbons (Fsp3) is 0. The van der Waals surface area contributed by atoms with Gasteiger partial charge in [-0.2, -0.15) is 5.26 Å². The van der Waals surface area contributed by atoms with Crippen LogP contribution in [-0.2, 0) is 0 Å². The monoisotopic (exact) mass is 198 g/mol. The van der Waals surface area contributed by atoms with Gasteiger partial charge in [-0.3, -0.25) is 0 Å². The van der Waals surface area contributed by atoms with Gasteiger partial charge >= 0.3 is 0 Å². The van der Waals surface area contributed by atoms with Crippen LogP contribution in [0.4, 0.5) is 4.39 Å². The molecule has 0 atom stereocenters. The molecule has 0 aliphatic carbocycles. The van der Waals surface area contributed by atoms with E-state index in [1.165, 1.54) is 12.1 Å². The minimum Gasteiger partial charge on any atom is -0.237 e. The van der Waals surface area contributed by atoms with Crippen molar-refractivity contribution < 1.29 is 4.39 Å². The number of pyridine rings is 1. The van der Waals surface area contributed by atoms with Gasteiger partial charge in [-0.15, -0.1) is 0 Å². The first kappa shape index (κ1) is 9.35. The Bertz CT molecular complexity index is 512. The van der Waals surface area contributed by atoms with Gasteiger partial charge < -0.3 is 0 Å². The summed E-state index contributed by atoms with van der Waals surface area (Å²) in [5.74, 6) is -0.282. The smallest absolute Gasteiger partial charge is 0.141 e. The Kier molecular flexibility index (Phi) is 2.42. The molecule has 0 unspecified atom stereocenters. The SMILES string of the molecule is N#Cc1cccc(-c2ccc(F)cc2)n1. The van der Waals surface area contributed by atoms with Crippen LogP contribution in [0, 0.1) is 17.1 Å². The van der Waals surface area contributed by atoms with Gasteiger partial charge in [0.15, 0.2) is 0 Å². The zero-order chi connectivity index (χ0) is 10.7. The van der Waals surface area contributed by atoms with E-state index in [2.05, 4.69) is 4.98 Å². The van der Waals surface area contributed by atoms with Crippen LogP contribution in [0.25, 0.3) is 11.3 Å². The van der Waals surface area contributed by atoms with Gasteiger partial charge in [0, 0.05) is 5.56 Å². The number of rotatable bonds is 1. The molecule has 0 N–H and O–H groups in total. The predicted octanol–water partition coefficient (Wildman–Crippen LogP) is 2.76. The summed E-state index contributed by atoms with van der Waals surface area (Å²) in [5, 5.41) is 8.68. The third-order valence-corrected chi connectivity index (χ3v) is 2.00. The third-order valence-electron chi connectivity index (χ3n) is 2.00. The molecule has 0 spiro atoms. The zero-order valence-corrected chi connectivity index (χ0v) is 7.81. The maximum atomic E-state index is 12.7. The van der Waals surface area contributed by atoms with Gasteiger partial charge in [-0.25, -0.2) is 9.37 Å². The fourth-order valence-electron chi connectivity index (χ4n) is 1.28. The van der Waals surface area contributed by atoms with Crippen molar-refractivity contribution in [3.63, 3.8) is 0 Å². The van der Waals surface area contributed by atoms with E-state index in [9.17, 15) is 4.39 Å². The highest BCUT2D eigenvalue weighted by Gasteiger charge is 2.00. The molecule has 2 aromatic rings.